The standard InChI is InChI=1S/C11H13N3O5/c12-9(15)7-3-1-2-4-14(7)10(16)6-5-8(11(17)18)19-13-6/h5,7H,1-4H2,(H2,12,15)(H,17,18). The number of hydrogen-bond donors (Lipinski definition) is 2. The van der Waals surface area contributed by atoms with E-state index in [1.807, 2.05) is 0 Å². The van der Waals surface area contributed by atoms with Gasteiger partial charge in [0, 0.05) is 12.6 Å². The van der Waals surface area contributed by atoms with Crippen molar-refractivity contribution in [2.45, 2.75) is 25.3 Å². The van der Waals surface area contributed by atoms with Crippen LogP contribution >= 0.6 is 0 Å². The summed E-state index contributed by atoms with van der Waals surface area (Å²) < 4.78 is 4.52. The number of carboxylic acid groups (broad SMARTS) is 1. The van der Waals surface area contributed by atoms with E-state index in [-0.39, 0.29) is 5.69 Å². The van der Waals surface area contributed by atoms with Crippen LogP contribution in [0.5, 0.6) is 0 Å². The second kappa shape index (κ2) is 5.09. The van der Waals surface area contributed by atoms with Gasteiger partial charge < -0.3 is 20.3 Å². The molecule has 1 aliphatic heterocycles. The summed E-state index contributed by atoms with van der Waals surface area (Å²) >= 11 is 0. The number of aromatic carboxylic acids is 1. The highest BCUT2D eigenvalue weighted by molar-refractivity contribution is 5.97. The first kappa shape index (κ1) is 13.1. The van der Waals surface area contributed by atoms with Crippen molar-refractivity contribution in [1.82, 2.24) is 10.1 Å². The number of piperidine rings is 1. The Balaban J connectivity index is 2.21. The summed E-state index contributed by atoms with van der Waals surface area (Å²) in [6, 6.07) is 0.364. The molecule has 1 aliphatic rings. The fourth-order valence-electron chi connectivity index (χ4n) is 2.09. The lowest BCUT2D eigenvalue weighted by molar-refractivity contribution is -0.123. The number of nitrogens with zero attached hydrogens (tertiary/aromatic N) is 2. The zero-order chi connectivity index (χ0) is 14.0. The first-order valence-electron chi connectivity index (χ1n) is 5.81. The lowest BCUT2D eigenvalue weighted by atomic mass is 10.0. The Morgan fingerprint density at radius 3 is 2.74 bits per heavy atom. The molecule has 1 saturated heterocycles. The van der Waals surface area contributed by atoms with E-state index < -0.39 is 29.6 Å². The van der Waals surface area contributed by atoms with Crippen LogP contribution in [0.1, 0.15) is 40.3 Å². The molecule has 0 spiro atoms. The van der Waals surface area contributed by atoms with Gasteiger partial charge in [-0.2, -0.15) is 0 Å². The molecule has 0 aromatic carbocycles. The molecule has 1 aromatic heterocycles. The van der Waals surface area contributed by atoms with Crippen molar-refractivity contribution < 1.29 is 24.0 Å². The molecule has 1 atom stereocenters. The van der Waals surface area contributed by atoms with E-state index in [9.17, 15) is 14.4 Å². The monoisotopic (exact) mass is 267 g/mol. The minimum Gasteiger partial charge on any atom is -0.475 e. The molecule has 1 fully saturated rings. The Morgan fingerprint density at radius 2 is 2.16 bits per heavy atom. The van der Waals surface area contributed by atoms with E-state index in [0.717, 1.165) is 18.9 Å². The van der Waals surface area contributed by atoms with E-state index in [1.165, 1.54) is 4.90 Å². The predicted octanol–water partition coefficient (Wildman–Crippen LogP) is -0.147. The minimum atomic E-state index is -1.31. The van der Waals surface area contributed by atoms with Gasteiger partial charge in [-0.15, -0.1) is 0 Å². The van der Waals surface area contributed by atoms with E-state index >= 15 is 0 Å². The molecule has 0 aliphatic carbocycles. The highest BCUT2D eigenvalue weighted by Gasteiger charge is 2.33. The smallest absolute Gasteiger partial charge is 0.374 e. The zero-order valence-corrected chi connectivity index (χ0v) is 10.0. The number of nitrogens with two attached hydrogens (primary N) is 1. The van der Waals surface area contributed by atoms with Gasteiger partial charge in [-0.3, -0.25) is 9.59 Å². The van der Waals surface area contributed by atoms with Gasteiger partial charge in [0.2, 0.25) is 11.7 Å². The normalized spacial score (nSPS) is 19.2. The van der Waals surface area contributed by atoms with Crippen LogP contribution in [-0.2, 0) is 4.79 Å². The van der Waals surface area contributed by atoms with Gasteiger partial charge in [-0.1, -0.05) is 5.16 Å². The van der Waals surface area contributed by atoms with E-state index in [2.05, 4.69) is 9.68 Å². The summed E-state index contributed by atoms with van der Waals surface area (Å²) in [6.07, 6.45) is 2.08. The zero-order valence-electron chi connectivity index (χ0n) is 10.0. The lowest BCUT2D eigenvalue weighted by Gasteiger charge is -2.32. The third kappa shape index (κ3) is 2.56. The average molecular weight is 267 g/mol. The Hall–Kier alpha value is -2.38. The molecule has 3 N–H and O–H groups in total. The number of rotatable bonds is 3. The Labute approximate surface area is 108 Å². The summed E-state index contributed by atoms with van der Waals surface area (Å²) in [5.74, 6) is -2.85. The Kier molecular flexibility index (Phi) is 3.50. The SMILES string of the molecule is NC(=O)C1CCCCN1C(=O)c1cc(C(=O)O)on1. The molecule has 0 radical (unpaired) electrons. The van der Waals surface area contributed by atoms with Crippen molar-refractivity contribution in [3.63, 3.8) is 0 Å². The molecule has 2 amide bonds. The number of hydrogen-bond acceptors (Lipinski definition) is 5. The molecular formula is C11H13N3O5. The molecule has 0 saturated carbocycles. The van der Waals surface area contributed by atoms with Crippen molar-refractivity contribution in [3.05, 3.63) is 17.5 Å². The number of primary amides is 1. The van der Waals surface area contributed by atoms with Gasteiger partial charge in [0.1, 0.15) is 6.04 Å². The van der Waals surface area contributed by atoms with Crippen molar-refractivity contribution in [1.29, 1.82) is 0 Å². The van der Waals surface area contributed by atoms with E-state index in [0.29, 0.717) is 13.0 Å². The highest BCUT2D eigenvalue weighted by atomic mass is 16.5. The van der Waals surface area contributed by atoms with Crippen LogP contribution < -0.4 is 5.73 Å². The summed E-state index contributed by atoms with van der Waals surface area (Å²) in [7, 11) is 0. The molecule has 1 aromatic rings. The van der Waals surface area contributed by atoms with Crippen LogP contribution in [0.2, 0.25) is 0 Å². The van der Waals surface area contributed by atoms with Gasteiger partial charge in [0.05, 0.1) is 0 Å². The number of carbonyl (C=O) groups excluding carboxylic acids is 2. The molecule has 2 heterocycles. The summed E-state index contributed by atoms with van der Waals surface area (Å²) in [4.78, 5) is 35.4. The Bertz CT molecular complexity index is 524. The first-order chi connectivity index (χ1) is 9.00. The largest absolute Gasteiger partial charge is 0.475 e. The predicted molar refractivity (Wildman–Crippen MR) is 61.3 cm³/mol. The number of amides is 2. The van der Waals surface area contributed by atoms with Crippen molar-refractivity contribution in [2.75, 3.05) is 6.54 Å². The fraction of sp³-hybridized carbons (Fsp3) is 0.455. The van der Waals surface area contributed by atoms with Gasteiger partial charge in [-0.05, 0) is 19.3 Å². The van der Waals surface area contributed by atoms with Gasteiger partial charge >= 0.3 is 5.97 Å². The lowest BCUT2D eigenvalue weighted by Crippen LogP contribution is -2.50. The van der Waals surface area contributed by atoms with Crippen LogP contribution in [0.4, 0.5) is 0 Å². The van der Waals surface area contributed by atoms with Crippen LogP contribution in [0.3, 0.4) is 0 Å². The van der Waals surface area contributed by atoms with E-state index in [4.69, 9.17) is 10.8 Å². The maximum Gasteiger partial charge on any atom is 0.374 e. The Morgan fingerprint density at radius 1 is 1.42 bits per heavy atom. The second-order valence-corrected chi connectivity index (χ2v) is 4.29. The number of likely N-dealkylation sites (tertiary alicyclic amines) is 1. The van der Waals surface area contributed by atoms with Gasteiger partial charge in [0.15, 0.2) is 5.69 Å². The fourth-order valence-corrected chi connectivity index (χ4v) is 2.09. The quantitative estimate of drug-likeness (QED) is 0.784. The minimum absolute atomic E-state index is 0.134. The van der Waals surface area contributed by atoms with Crippen LogP contribution in [0.25, 0.3) is 0 Å². The molecule has 1 unspecified atom stereocenters. The van der Waals surface area contributed by atoms with Crippen molar-refractivity contribution >= 4 is 17.8 Å². The van der Waals surface area contributed by atoms with Crippen LogP contribution in [0, 0.1) is 0 Å². The number of aromatic nitrogens is 1. The van der Waals surface area contributed by atoms with Gasteiger partial charge in [0.25, 0.3) is 5.91 Å². The van der Waals surface area contributed by atoms with Crippen molar-refractivity contribution in [2.24, 2.45) is 5.73 Å². The molecule has 0 bridgehead atoms. The molecule has 8 nitrogen and oxygen atoms in total. The molecule has 2 rings (SSSR count). The van der Waals surface area contributed by atoms with Crippen LogP contribution in [-0.4, -0.2) is 45.5 Å². The molecule has 8 heteroatoms. The van der Waals surface area contributed by atoms with Gasteiger partial charge in [-0.25, -0.2) is 4.79 Å². The first-order valence-corrected chi connectivity index (χ1v) is 5.81. The molecule has 19 heavy (non-hydrogen) atoms. The molecular weight excluding hydrogens is 254 g/mol. The van der Waals surface area contributed by atoms with Crippen molar-refractivity contribution in [3.8, 4) is 0 Å². The second-order valence-electron chi connectivity index (χ2n) is 4.29. The number of carboxylic acids is 1. The summed E-state index contributed by atoms with van der Waals surface area (Å²) in [6.45, 7) is 0.391. The van der Waals surface area contributed by atoms with Crippen LogP contribution in [0.15, 0.2) is 10.6 Å². The topological polar surface area (TPSA) is 127 Å². The highest BCUT2D eigenvalue weighted by Crippen LogP contribution is 2.19. The third-order valence-corrected chi connectivity index (χ3v) is 3.03. The molecule has 102 valence electrons. The van der Waals surface area contributed by atoms with E-state index in [1.54, 1.807) is 0 Å². The average Bonchev–Trinajstić information content (AvgIpc) is 2.87. The maximum atomic E-state index is 12.2. The summed E-state index contributed by atoms with van der Waals surface area (Å²) in [5.41, 5.74) is 5.12. The maximum absolute atomic E-state index is 12.2. The number of carbonyl (C=O) groups is 3. The summed E-state index contributed by atoms with van der Waals surface area (Å²) in [5, 5.41) is 12.1. The third-order valence-electron chi connectivity index (χ3n) is 3.03.